The van der Waals surface area contributed by atoms with Crippen LogP contribution >= 0.6 is 0 Å². The Kier molecular flexibility index (Phi) is 8.01. The Hall–Kier alpha value is -2.70. The lowest BCUT2D eigenvalue weighted by Gasteiger charge is -2.35. The summed E-state index contributed by atoms with van der Waals surface area (Å²) in [5.74, 6) is 0.946. The zero-order valence-electron chi connectivity index (χ0n) is 21.1. The van der Waals surface area contributed by atoms with E-state index >= 15 is 0 Å². The van der Waals surface area contributed by atoms with Crippen LogP contribution in [0.15, 0.2) is 48.5 Å². The second-order valence-corrected chi connectivity index (χ2v) is 9.48. The first-order valence-corrected chi connectivity index (χ1v) is 12.6. The molecular formula is C28H38FN5. The minimum absolute atomic E-state index is 0.222. The van der Waals surface area contributed by atoms with Gasteiger partial charge in [0.15, 0.2) is 0 Å². The topological polar surface area (TPSA) is 27.5 Å². The molecule has 0 unspecified atom stereocenters. The van der Waals surface area contributed by atoms with Gasteiger partial charge in [-0.2, -0.15) is 5.10 Å². The van der Waals surface area contributed by atoms with Crippen molar-refractivity contribution in [1.29, 1.82) is 0 Å². The first kappa shape index (κ1) is 24.4. The van der Waals surface area contributed by atoms with Crippen molar-refractivity contribution in [1.82, 2.24) is 19.6 Å². The average Bonchev–Trinajstić information content (AvgIpc) is 3.18. The standard InChI is InChI=1S/C28H38FN5/c1-5-14-32(20-23-9-7-8-22(3)19-23)21-26-27(6-2)30-34(25-12-10-24(29)11-13-25)28(26)33-17-15-31(4)16-18-33/h7-13,19H,5-6,14-18,20-21H2,1-4H3. The van der Waals surface area contributed by atoms with E-state index in [1.54, 1.807) is 0 Å². The van der Waals surface area contributed by atoms with Crippen molar-refractivity contribution in [2.75, 3.05) is 44.7 Å². The molecule has 3 aromatic rings. The van der Waals surface area contributed by atoms with Crippen molar-refractivity contribution in [2.45, 2.75) is 46.7 Å². The zero-order chi connectivity index (χ0) is 24.1. The highest BCUT2D eigenvalue weighted by molar-refractivity contribution is 5.56. The normalized spacial score (nSPS) is 14.8. The fraction of sp³-hybridized carbons (Fsp3) is 0.464. The highest BCUT2D eigenvalue weighted by atomic mass is 19.1. The molecule has 2 aromatic carbocycles. The van der Waals surface area contributed by atoms with Crippen molar-refractivity contribution in [3.05, 3.63) is 76.7 Å². The highest BCUT2D eigenvalue weighted by Crippen LogP contribution is 2.31. The second kappa shape index (κ2) is 11.2. The lowest BCUT2D eigenvalue weighted by molar-refractivity contribution is 0.256. The van der Waals surface area contributed by atoms with Crippen LogP contribution in [0.4, 0.5) is 10.2 Å². The highest BCUT2D eigenvalue weighted by Gasteiger charge is 2.26. The molecule has 182 valence electrons. The van der Waals surface area contributed by atoms with Gasteiger partial charge in [0.2, 0.25) is 0 Å². The van der Waals surface area contributed by atoms with Gasteiger partial charge in [-0.05, 0) is 63.2 Å². The minimum Gasteiger partial charge on any atom is -0.354 e. The van der Waals surface area contributed by atoms with Crippen molar-refractivity contribution in [3.63, 3.8) is 0 Å². The maximum absolute atomic E-state index is 13.7. The third kappa shape index (κ3) is 5.68. The van der Waals surface area contributed by atoms with Gasteiger partial charge < -0.3 is 9.80 Å². The van der Waals surface area contributed by atoms with Gasteiger partial charge in [-0.25, -0.2) is 9.07 Å². The van der Waals surface area contributed by atoms with Crippen LogP contribution in [-0.2, 0) is 19.5 Å². The minimum atomic E-state index is -0.222. The SMILES string of the molecule is CCCN(Cc1cccc(C)c1)Cc1c(CC)nn(-c2ccc(F)cc2)c1N1CCN(C)CC1. The van der Waals surface area contributed by atoms with E-state index in [4.69, 9.17) is 5.10 Å². The van der Waals surface area contributed by atoms with Crippen LogP contribution in [-0.4, -0.2) is 59.4 Å². The lowest BCUT2D eigenvalue weighted by atomic mass is 10.1. The smallest absolute Gasteiger partial charge is 0.137 e. The Labute approximate surface area is 203 Å². The fourth-order valence-corrected chi connectivity index (χ4v) is 4.86. The van der Waals surface area contributed by atoms with Crippen LogP contribution in [0.5, 0.6) is 0 Å². The molecule has 0 N–H and O–H groups in total. The van der Waals surface area contributed by atoms with Gasteiger partial charge in [0, 0.05) is 44.8 Å². The molecular weight excluding hydrogens is 425 g/mol. The average molecular weight is 464 g/mol. The fourth-order valence-electron chi connectivity index (χ4n) is 4.86. The molecule has 0 bridgehead atoms. The first-order valence-electron chi connectivity index (χ1n) is 12.6. The Morgan fingerprint density at radius 3 is 2.35 bits per heavy atom. The van der Waals surface area contributed by atoms with Crippen LogP contribution in [0.3, 0.4) is 0 Å². The van der Waals surface area contributed by atoms with E-state index in [0.717, 1.165) is 70.0 Å². The number of likely N-dealkylation sites (N-methyl/N-ethyl adjacent to an activating group) is 1. The quantitative estimate of drug-likeness (QED) is 0.444. The van der Waals surface area contributed by atoms with Gasteiger partial charge in [-0.15, -0.1) is 0 Å². The summed E-state index contributed by atoms with van der Waals surface area (Å²) in [6.07, 6.45) is 1.97. The molecule has 0 amide bonds. The Balaban J connectivity index is 1.73. The van der Waals surface area contributed by atoms with E-state index in [0.29, 0.717) is 0 Å². The monoisotopic (exact) mass is 463 g/mol. The molecule has 0 saturated carbocycles. The van der Waals surface area contributed by atoms with Crippen molar-refractivity contribution in [2.24, 2.45) is 0 Å². The number of halogens is 1. The number of rotatable bonds is 9. The van der Waals surface area contributed by atoms with Crippen molar-refractivity contribution < 1.29 is 4.39 Å². The van der Waals surface area contributed by atoms with Gasteiger partial charge in [-0.1, -0.05) is 43.7 Å². The summed E-state index contributed by atoms with van der Waals surface area (Å²) >= 11 is 0. The molecule has 0 aliphatic carbocycles. The van der Waals surface area contributed by atoms with Crippen LogP contribution < -0.4 is 4.90 Å². The maximum atomic E-state index is 13.7. The second-order valence-electron chi connectivity index (χ2n) is 9.48. The Morgan fingerprint density at radius 1 is 0.971 bits per heavy atom. The molecule has 34 heavy (non-hydrogen) atoms. The molecule has 1 aliphatic rings. The van der Waals surface area contributed by atoms with Crippen LogP contribution in [0.2, 0.25) is 0 Å². The predicted octanol–water partition coefficient (Wildman–Crippen LogP) is 5.05. The summed E-state index contributed by atoms with van der Waals surface area (Å²) < 4.78 is 15.7. The number of aromatic nitrogens is 2. The molecule has 4 rings (SSSR count). The first-order chi connectivity index (χ1) is 16.5. The predicted molar refractivity (Wildman–Crippen MR) is 138 cm³/mol. The maximum Gasteiger partial charge on any atom is 0.137 e. The van der Waals surface area contributed by atoms with Gasteiger partial charge in [0.05, 0.1) is 11.4 Å². The molecule has 0 spiro atoms. The number of benzene rings is 2. The van der Waals surface area contributed by atoms with E-state index in [9.17, 15) is 4.39 Å². The largest absolute Gasteiger partial charge is 0.354 e. The van der Waals surface area contributed by atoms with Gasteiger partial charge in [-0.3, -0.25) is 4.90 Å². The molecule has 5 nitrogen and oxygen atoms in total. The van der Waals surface area contributed by atoms with Crippen LogP contribution in [0, 0.1) is 12.7 Å². The summed E-state index contributed by atoms with van der Waals surface area (Å²) in [4.78, 5) is 7.39. The van der Waals surface area contributed by atoms with Gasteiger partial charge in [0.1, 0.15) is 11.6 Å². The van der Waals surface area contributed by atoms with Gasteiger partial charge >= 0.3 is 0 Å². The van der Waals surface area contributed by atoms with E-state index in [1.165, 1.54) is 34.6 Å². The number of anilines is 1. The zero-order valence-corrected chi connectivity index (χ0v) is 21.1. The number of hydrogen-bond donors (Lipinski definition) is 0. The summed E-state index contributed by atoms with van der Waals surface area (Å²) in [6, 6.07) is 15.5. The van der Waals surface area contributed by atoms with E-state index in [-0.39, 0.29) is 5.82 Å². The van der Waals surface area contributed by atoms with Crippen LogP contribution in [0.25, 0.3) is 5.69 Å². The summed E-state index contributed by atoms with van der Waals surface area (Å²) in [5.41, 5.74) is 5.99. The molecule has 1 saturated heterocycles. The Bertz CT molecular complexity index is 1070. The third-order valence-electron chi connectivity index (χ3n) is 6.66. The molecule has 1 fully saturated rings. The molecule has 2 heterocycles. The van der Waals surface area contributed by atoms with E-state index in [2.05, 4.69) is 71.5 Å². The summed E-state index contributed by atoms with van der Waals surface area (Å²) in [5, 5.41) is 5.07. The molecule has 6 heteroatoms. The number of nitrogens with zero attached hydrogens (tertiary/aromatic N) is 5. The lowest BCUT2D eigenvalue weighted by Crippen LogP contribution is -2.45. The molecule has 0 radical (unpaired) electrons. The Morgan fingerprint density at radius 2 is 1.71 bits per heavy atom. The summed E-state index contributed by atoms with van der Waals surface area (Å²) in [6.45, 7) is 13.4. The third-order valence-corrected chi connectivity index (χ3v) is 6.66. The number of aryl methyl sites for hydroxylation is 2. The van der Waals surface area contributed by atoms with Gasteiger partial charge in [0.25, 0.3) is 0 Å². The van der Waals surface area contributed by atoms with Crippen molar-refractivity contribution >= 4 is 5.82 Å². The number of piperazine rings is 1. The van der Waals surface area contributed by atoms with E-state index < -0.39 is 0 Å². The molecule has 1 aromatic heterocycles. The molecule has 0 atom stereocenters. The summed E-state index contributed by atoms with van der Waals surface area (Å²) in [7, 11) is 2.18. The van der Waals surface area contributed by atoms with Crippen LogP contribution in [0.1, 0.15) is 42.7 Å². The van der Waals surface area contributed by atoms with E-state index in [1.807, 2.05) is 12.1 Å². The number of hydrogen-bond acceptors (Lipinski definition) is 4. The van der Waals surface area contributed by atoms with Crippen molar-refractivity contribution in [3.8, 4) is 5.69 Å². The molecule has 1 aliphatic heterocycles.